The monoisotopic (exact) mass is 233 g/mol. The average Bonchev–Trinajstić information content (AvgIpc) is 2.28. The Bertz CT molecular complexity index is 475. The van der Waals surface area contributed by atoms with Crippen molar-refractivity contribution < 1.29 is 4.79 Å². The van der Waals surface area contributed by atoms with Crippen molar-refractivity contribution >= 4 is 5.78 Å². The minimum Gasteiger partial charge on any atom is -0.326 e. The van der Waals surface area contributed by atoms with Gasteiger partial charge in [0.25, 0.3) is 5.56 Å². The quantitative estimate of drug-likeness (QED) is 0.798. The van der Waals surface area contributed by atoms with Crippen LogP contribution in [0, 0.1) is 18.8 Å². The third-order valence-corrected chi connectivity index (χ3v) is 3.63. The number of pyridine rings is 1. The summed E-state index contributed by atoms with van der Waals surface area (Å²) in [6.07, 6.45) is 4.15. The van der Waals surface area contributed by atoms with Gasteiger partial charge in [-0.15, -0.1) is 0 Å². The van der Waals surface area contributed by atoms with Crippen LogP contribution in [0.5, 0.6) is 0 Å². The molecule has 2 atom stereocenters. The molecule has 0 amide bonds. The van der Waals surface area contributed by atoms with Crippen molar-refractivity contribution in [2.45, 2.75) is 39.5 Å². The first-order valence-electron chi connectivity index (χ1n) is 6.32. The Morgan fingerprint density at radius 3 is 2.76 bits per heavy atom. The highest BCUT2D eigenvalue weighted by molar-refractivity contribution is 5.97. The molecule has 0 radical (unpaired) electrons. The van der Waals surface area contributed by atoms with E-state index in [-0.39, 0.29) is 17.3 Å². The lowest BCUT2D eigenvalue weighted by Gasteiger charge is -2.25. The zero-order valence-electron chi connectivity index (χ0n) is 10.5. The van der Waals surface area contributed by atoms with Gasteiger partial charge in [-0.3, -0.25) is 9.59 Å². The maximum Gasteiger partial charge on any atom is 0.259 e. The van der Waals surface area contributed by atoms with E-state index < -0.39 is 0 Å². The Kier molecular flexibility index (Phi) is 3.46. The Labute approximate surface area is 101 Å². The minimum absolute atomic E-state index is 0.0257. The third kappa shape index (κ3) is 2.65. The van der Waals surface area contributed by atoms with Gasteiger partial charge < -0.3 is 4.98 Å². The first-order chi connectivity index (χ1) is 8.08. The summed E-state index contributed by atoms with van der Waals surface area (Å²) in [7, 11) is 0. The fraction of sp³-hybridized carbons (Fsp3) is 0.571. The van der Waals surface area contributed by atoms with Crippen LogP contribution >= 0.6 is 0 Å². The smallest absolute Gasteiger partial charge is 0.259 e. The van der Waals surface area contributed by atoms with Gasteiger partial charge in [-0.2, -0.15) is 0 Å². The predicted molar refractivity (Wildman–Crippen MR) is 67.3 cm³/mol. The minimum atomic E-state index is -0.242. The molecule has 0 saturated heterocycles. The molecule has 1 aliphatic carbocycles. The molecule has 2 unspecified atom stereocenters. The topological polar surface area (TPSA) is 49.9 Å². The highest BCUT2D eigenvalue weighted by Gasteiger charge is 2.27. The van der Waals surface area contributed by atoms with E-state index in [1.54, 1.807) is 12.1 Å². The molecule has 17 heavy (non-hydrogen) atoms. The normalized spacial score (nSPS) is 24.6. The number of aromatic nitrogens is 1. The number of carbonyl (C=O) groups is 1. The first-order valence-corrected chi connectivity index (χ1v) is 6.32. The van der Waals surface area contributed by atoms with Crippen molar-refractivity contribution in [1.82, 2.24) is 4.98 Å². The Balaban J connectivity index is 2.22. The summed E-state index contributed by atoms with van der Waals surface area (Å²) in [6, 6.07) is 3.46. The van der Waals surface area contributed by atoms with Crippen molar-refractivity contribution in [2.24, 2.45) is 11.8 Å². The molecule has 1 heterocycles. The van der Waals surface area contributed by atoms with E-state index in [0.29, 0.717) is 11.5 Å². The van der Waals surface area contributed by atoms with Gasteiger partial charge in [0, 0.05) is 11.6 Å². The Morgan fingerprint density at radius 2 is 2.12 bits per heavy atom. The molecular formula is C14H19NO2. The summed E-state index contributed by atoms with van der Waals surface area (Å²) in [5, 5.41) is 0. The van der Waals surface area contributed by atoms with E-state index in [0.717, 1.165) is 25.0 Å². The van der Waals surface area contributed by atoms with Crippen molar-refractivity contribution in [3.63, 3.8) is 0 Å². The summed E-state index contributed by atoms with van der Waals surface area (Å²) in [5.41, 5.74) is 0.881. The molecule has 1 aromatic heterocycles. The Morgan fingerprint density at radius 1 is 1.35 bits per heavy atom. The molecule has 1 aliphatic rings. The molecule has 1 fully saturated rings. The van der Waals surface area contributed by atoms with Crippen molar-refractivity contribution in [3.05, 3.63) is 33.7 Å². The van der Waals surface area contributed by atoms with E-state index in [1.165, 1.54) is 6.42 Å². The summed E-state index contributed by atoms with van der Waals surface area (Å²) in [4.78, 5) is 26.7. The fourth-order valence-corrected chi connectivity index (χ4v) is 2.66. The Hall–Kier alpha value is -1.38. The van der Waals surface area contributed by atoms with Crippen LogP contribution in [0.15, 0.2) is 16.9 Å². The molecule has 1 aromatic rings. The number of nitrogens with one attached hydrogen (secondary N) is 1. The van der Waals surface area contributed by atoms with Gasteiger partial charge >= 0.3 is 0 Å². The molecule has 2 rings (SSSR count). The summed E-state index contributed by atoms with van der Waals surface area (Å²) >= 11 is 0. The lowest BCUT2D eigenvalue weighted by molar-refractivity contribution is 0.0866. The standard InChI is InChI=1S/C14H19NO2/c1-9-4-3-5-11(8-9)13(16)12-7-6-10(2)15-14(12)17/h6-7,9,11H,3-5,8H2,1-2H3,(H,15,17). The maximum absolute atomic E-state index is 12.3. The van der Waals surface area contributed by atoms with Crippen LogP contribution in [0.1, 0.15) is 48.7 Å². The van der Waals surface area contributed by atoms with E-state index in [4.69, 9.17) is 0 Å². The molecular weight excluding hydrogens is 214 g/mol. The van der Waals surface area contributed by atoms with Crippen LogP contribution in [-0.2, 0) is 0 Å². The second-order valence-corrected chi connectivity index (χ2v) is 5.22. The van der Waals surface area contributed by atoms with Crippen molar-refractivity contribution in [3.8, 4) is 0 Å². The van der Waals surface area contributed by atoms with Gasteiger partial charge in [0.1, 0.15) is 0 Å². The third-order valence-electron chi connectivity index (χ3n) is 3.63. The second kappa shape index (κ2) is 4.86. The molecule has 1 N–H and O–H groups in total. The van der Waals surface area contributed by atoms with Gasteiger partial charge in [-0.05, 0) is 37.8 Å². The van der Waals surface area contributed by atoms with Gasteiger partial charge in [-0.1, -0.05) is 19.8 Å². The van der Waals surface area contributed by atoms with E-state index in [2.05, 4.69) is 11.9 Å². The average molecular weight is 233 g/mol. The lowest BCUT2D eigenvalue weighted by Crippen LogP contribution is -2.27. The molecule has 92 valence electrons. The molecule has 3 heteroatoms. The summed E-state index contributed by atoms with van der Waals surface area (Å²) < 4.78 is 0. The van der Waals surface area contributed by atoms with Gasteiger partial charge in [0.2, 0.25) is 0 Å². The van der Waals surface area contributed by atoms with Crippen LogP contribution in [-0.4, -0.2) is 10.8 Å². The number of carbonyl (C=O) groups excluding carboxylic acids is 1. The van der Waals surface area contributed by atoms with Crippen LogP contribution in [0.3, 0.4) is 0 Å². The number of aromatic amines is 1. The van der Waals surface area contributed by atoms with Crippen LogP contribution < -0.4 is 5.56 Å². The number of hydrogen-bond acceptors (Lipinski definition) is 2. The van der Waals surface area contributed by atoms with Crippen LogP contribution in [0.2, 0.25) is 0 Å². The molecule has 0 aliphatic heterocycles. The number of rotatable bonds is 2. The zero-order chi connectivity index (χ0) is 12.4. The SMILES string of the molecule is Cc1ccc(C(=O)C2CCCC(C)C2)c(=O)[nH]1. The molecule has 0 spiro atoms. The molecule has 3 nitrogen and oxygen atoms in total. The van der Waals surface area contributed by atoms with E-state index in [1.807, 2.05) is 6.92 Å². The maximum atomic E-state index is 12.3. The zero-order valence-corrected chi connectivity index (χ0v) is 10.5. The van der Waals surface area contributed by atoms with Gasteiger partial charge in [-0.25, -0.2) is 0 Å². The molecule has 0 aromatic carbocycles. The summed E-state index contributed by atoms with van der Waals surface area (Å²) in [6.45, 7) is 4.00. The molecule has 1 saturated carbocycles. The fourth-order valence-electron chi connectivity index (χ4n) is 2.66. The lowest BCUT2D eigenvalue weighted by atomic mass is 9.79. The number of aryl methyl sites for hydroxylation is 1. The molecule has 0 bridgehead atoms. The predicted octanol–water partition coefficient (Wildman–Crippen LogP) is 2.69. The van der Waals surface area contributed by atoms with Crippen molar-refractivity contribution in [2.75, 3.05) is 0 Å². The van der Waals surface area contributed by atoms with E-state index in [9.17, 15) is 9.59 Å². The van der Waals surface area contributed by atoms with Crippen LogP contribution in [0.4, 0.5) is 0 Å². The summed E-state index contributed by atoms with van der Waals surface area (Å²) in [5.74, 6) is 0.669. The van der Waals surface area contributed by atoms with Crippen molar-refractivity contribution in [1.29, 1.82) is 0 Å². The first kappa shape index (κ1) is 12.1. The van der Waals surface area contributed by atoms with Gasteiger partial charge in [0.15, 0.2) is 5.78 Å². The highest BCUT2D eigenvalue weighted by atomic mass is 16.1. The van der Waals surface area contributed by atoms with Gasteiger partial charge in [0.05, 0.1) is 5.56 Å². The number of H-pyrrole nitrogens is 1. The largest absolute Gasteiger partial charge is 0.326 e. The number of hydrogen-bond donors (Lipinski definition) is 1. The number of Topliss-reactive ketones (excluding diaryl/α,β-unsaturated/α-hetero) is 1. The van der Waals surface area contributed by atoms with E-state index >= 15 is 0 Å². The second-order valence-electron chi connectivity index (χ2n) is 5.22. The highest BCUT2D eigenvalue weighted by Crippen LogP contribution is 2.30. The number of ketones is 1. The van der Waals surface area contributed by atoms with Crippen LogP contribution in [0.25, 0.3) is 0 Å².